The molecule has 0 unspecified atom stereocenters. The summed E-state index contributed by atoms with van der Waals surface area (Å²) < 4.78 is 5.86. The molecule has 0 aliphatic heterocycles. The summed E-state index contributed by atoms with van der Waals surface area (Å²) in [6.45, 7) is 6.84. The Bertz CT molecular complexity index is 534. The summed E-state index contributed by atoms with van der Waals surface area (Å²) in [5.41, 5.74) is 3.89. The molecule has 112 valence electrons. The van der Waals surface area contributed by atoms with E-state index >= 15 is 0 Å². The van der Waals surface area contributed by atoms with Gasteiger partial charge in [0.25, 0.3) is 0 Å². The fraction of sp³-hybridized carbons (Fsp3) is 0.368. The molecular formula is C19H25NO. The summed E-state index contributed by atoms with van der Waals surface area (Å²) in [4.78, 5) is 0. The quantitative estimate of drug-likeness (QED) is 0.778. The number of nitrogens with one attached hydrogen (secondary N) is 1. The van der Waals surface area contributed by atoms with Gasteiger partial charge in [-0.25, -0.2) is 0 Å². The van der Waals surface area contributed by atoms with Gasteiger partial charge in [0.05, 0.1) is 0 Å². The number of rotatable bonds is 8. The normalized spacial score (nSPS) is 10.6. The highest BCUT2D eigenvalue weighted by Crippen LogP contribution is 2.15. The molecule has 1 N–H and O–H groups in total. The average molecular weight is 283 g/mol. The van der Waals surface area contributed by atoms with Crippen LogP contribution < -0.4 is 10.1 Å². The standard InChI is InChI=1S/C19H25NO/c1-3-6-16-9-11-19(12-10-16)21-15-18-8-5-7-17(13-18)14-20-4-2/h5,7-13,20H,3-4,6,14-15H2,1-2H3. The first-order chi connectivity index (χ1) is 10.3. The molecule has 2 nitrogen and oxygen atoms in total. The predicted octanol–water partition coefficient (Wildman–Crippen LogP) is 4.33. The van der Waals surface area contributed by atoms with Crippen LogP contribution in [0, 0.1) is 0 Å². The van der Waals surface area contributed by atoms with Gasteiger partial charge < -0.3 is 10.1 Å². The van der Waals surface area contributed by atoms with Gasteiger partial charge in [0, 0.05) is 6.54 Å². The third kappa shape index (κ3) is 5.24. The Balaban J connectivity index is 1.90. The molecule has 0 saturated carbocycles. The summed E-state index contributed by atoms with van der Waals surface area (Å²) in [5, 5.41) is 3.34. The molecule has 2 aromatic carbocycles. The van der Waals surface area contributed by atoms with Crippen molar-refractivity contribution in [2.24, 2.45) is 0 Å². The topological polar surface area (TPSA) is 21.3 Å². The van der Waals surface area contributed by atoms with Gasteiger partial charge in [-0.3, -0.25) is 0 Å². The predicted molar refractivity (Wildman–Crippen MR) is 88.6 cm³/mol. The van der Waals surface area contributed by atoms with Crippen LogP contribution in [-0.4, -0.2) is 6.54 Å². The molecule has 0 radical (unpaired) electrons. The van der Waals surface area contributed by atoms with E-state index in [0.717, 1.165) is 25.3 Å². The Kier molecular flexibility index (Phi) is 6.29. The van der Waals surface area contributed by atoms with Gasteiger partial charge >= 0.3 is 0 Å². The Morgan fingerprint density at radius 1 is 0.905 bits per heavy atom. The smallest absolute Gasteiger partial charge is 0.119 e. The summed E-state index contributed by atoms with van der Waals surface area (Å²) in [6, 6.07) is 17.0. The van der Waals surface area contributed by atoms with E-state index in [9.17, 15) is 0 Å². The van der Waals surface area contributed by atoms with E-state index in [2.05, 4.69) is 67.7 Å². The van der Waals surface area contributed by atoms with Gasteiger partial charge in [-0.2, -0.15) is 0 Å². The van der Waals surface area contributed by atoms with Crippen LogP contribution in [0.3, 0.4) is 0 Å². The van der Waals surface area contributed by atoms with E-state index in [1.807, 2.05) is 0 Å². The lowest BCUT2D eigenvalue weighted by atomic mass is 10.1. The SMILES string of the molecule is CCCc1ccc(OCc2cccc(CNCC)c2)cc1. The van der Waals surface area contributed by atoms with Gasteiger partial charge in [0.1, 0.15) is 12.4 Å². The molecule has 0 saturated heterocycles. The molecule has 2 aromatic rings. The maximum atomic E-state index is 5.86. The van der Waals surface area contributed by atoms with Crippen LogP contribution in [0.15, 0.2) is 48.5 Å². The molecule has 0 bridgehead atoms. The van der Waals surface area contributed by atoms with Crippen molar-refractivity contribution in [3.63, 3.8) is 0 Å². The first kappa shape index (κ1) is 15.6. The van der Waals surface area contributed by atoms with E-state index in [4.69, 9.17) is 4.74 Å². The summed E-state index contributed by atoms with van der Waals surface area (Å²) in [7, 11) is 0. The monoisotopic (exact) mass is 283 g/mol. The Morgan fingerprint density at radius 3 is 2.38 bits per heavy atom. The van der Waals surface area contributed by atoms with Gasteiger partial charge in [0.2, 0.25) is 0 Å². The van der Waals surface area contributed by atoms with Crippen molar-refractivity contribution in [1.82, 2.24) is 5.32 Å². The number of hydrogen-bond donors (Lipinski definition) is 1. The van der Waals surface area contributed by atoms with Crippen LogP contribution in [0.5, 0.6) is 5.75 Å². The van der Waals surface area contributed by atoms with Crippen molar-refractivity contribution in [2.75, 3.05) is 6.54 Å². The fourth-order valence-corrected chi connectivity index (χ4v) is 2.31. The molecule has 0 aromatic heterocycles. The van der Waals surface area contributed by atoms with Crippen molar-refractivity contribution in [1.29, 1.82) is 0 Å². The molecular weight excluding hydrogens is 258 g/mol. The lowest BCUT2D eigenvalue weighted by molar-refractivity contribution is 0.306. The van der Waals surface area contributed by atoms with E-state index in [-0.39, 0.29) is 0 Å². The van der Waals surface area contributed by atoms with Crippen LogP contribution in [0.1, 0.15) is 37.0 Å². The Labute approximate surface area is 128 Å². The first-order valence-corrected chi connectivity index (χ1v) is 7.82. The van der Waals surface area contributed by atoms with Crippen molar-refractivity contribution in [3.8, 4) is 5.75 Å². The van der Waals surface area contributed by atoms with Crippen molar-refractivity contribution >= 4 is 0 Å². The molecule has 2 heteroatoms. The molecule has 21 heavy (non-hydrogen) atoms. The second kappa shape index (κ2) is 8.48. The lowest BCUT2D eigenvalue weighted by Crippen LogP contribution is -2.11. The van der Waals surface area contributed by atoms with Gasteiger partial charge in [-0.15, -0.1) is 0 Å². The fourth-order valence-electron chi connectivity index (χ4n) is 2.31. The van der Waals surface area contributed by atoms with E-state index in [1.54, 1.807) is 0 Å². The maximum Gasteiger partial charge on any atom is 0.119 e. The number of ether oxygens (including phenoxy) is 1. The minimum Gasteiger partial charge on any atom is -0.489 e. The molecule has 0 atom stereocenters. The highest BCUT2D eigenvalue weighted by Gasteiger charge is 1.99. The third-order valence-corrected chi connectivity index (χ3v) is 3.44. The van der Waals surface area contributed by atoms with Crippen LogP contribution in [0.2, 0.25) is 0 Å². The number of hydrogen-bond acceptors (Lipinski definition) is 2. The van der Waals surface area contributed by atoms with Crippen LogP contribution in [0.25, 0.3) is 0 Å². The molecule has 0 aliphatic carbocycles. The molecule has 0 spiro atoms. The van der Waals surface area contributed by atoms with Gasteiger partial charge in [0.15, 0.2) is 0 Å². The molecule has 0 aliphatic rings. The summed E-state index contributed by atoms with van der Waals surface area (Å²) in [6.07, 6.45) is 2.31. The van der Waals surface area contributed by atoms with Crippen molar-refractivity contribution < 1.29 is 4.74 Å². The summed E-state index contributed by atoms with van der Waals surface area (Å²) >= 11 is 0. The Morgan fingerprint density at radius 2 is 1.67 bits per heavy atom. The van der Waals surface area contributed by atoms with Crippen molar-refractivity contribution in [3.05, 3.63) is 65.2 Å². The first-order valence-electron chi connectivity index (χ1n) is 7.82. The zero-order chi connectivity index (χ0) is 14.9. The zero-order valence-electron chi connectivity index (χ0n) is 13.1. The van der Waals surface area contributed by atoms with Crippen LogP contribution in [-0.2, 0) is 19.6 Å². The second-order valence-corrected chi connectivity index (χ2v) is 5.28. The van der Waals surface area contributed by atoms with E-state index < -0.39 is 0 Å². The minimum atomic E-state index is 0.618. The molecule has 0 heterocycles. The summed E-state index contributed by atoms with van der Waals surface area (Å²) in [5.74, 6) is 0.937. The highest BCUT2D eigenvalue weighted by molar-refractivity contribution is 5.28. The van der Waals surface area contributed by atoms with E-state index in [0.29, 0.717) is 6.61 Å². The zero-order valence-corrected chi connectivity index (χ0v) is 13.1. The molecule has 2 rings (SSSR count). The Hall–Kier alpha value is -1.80. The lowest BCUT2D eigenvalue weighted by Gasteiger charge is -2.09. The highest BCUT2D eigenvalue weighted by atomic mass is 16.5. The van der Waals surface area contributed by atoms with E-state index in [1.165, 1.54) is 23.1 Å². The minimum absolute atomic E-state index is 0.618. The van der Waals surface area contributed by atoms with Crippen molar-refractivity contribution in [2.45, 2.75) is 39.8 Å². The van der Waals surface area contributed by atoms with Gasteiger partial charge in [-0.1, -0.05) is 56.7 Å². The largest absolute Gasteiger partial charge is 0.489 e. The maximum absolute atomic E-state index is 5.86. The number of benzene rings is 2. The van der Waals surface area contributed by atoms with Crippen LogP contribution in [0.4, 0.5) is 0 Å². The number of aryl methyl sites for hydroxylation is 1. The van der Waals surface area contributed by atoms with Gasteiger partial charge in [-0.05, 0) is 41.8 Å². The third-order valence-electron chi connectivity index (χ3n) is 3.44. The average Bonchev–Trinajstić information content (AvgIpc) is 2.53. The molecule has 0 amide bonds. The molecule has 0 fully saturated rings. The van der Waals surface area contributed by atoms with Crippen LogP contribution >= 0.6 is 0 Å². The second-order valence-electron chi connectivity index (χ2n) is 5.28.